The van der Waals surface area contributed by atoms with Crippen molar-refractivity contribution in [3.63, 3.8) is 0 Å². The normalized spacial score (nSPS) is 13.7. The third-order valence-electron chi connectivity index (χ3n) is 13.6. The van der Waals surface area contributed by atoms with Crippen LogP contribution in [0.25, 0.3) is 110 Å². The highest BCUT2D eigenvalue weighted by Crippen LogP contribution is 2.64. The minimum atomic E-state index is -0.457. The third kappa shape index (κ3) is 3.77. The largest absolute Gasteiger partial charge is 0.456 e. The van der Waals surface area contributed by atoms with Crippen LogP contribution in [0.2, 0.25) is 0 Å². The molecule has 14 rings (SSSR count). The highest BCUT2D eigenvalue weighted by molar-refractivity contribution is 6.24. The first kappa shape index (κ1) is 30.7. The first-order valence-electron chi connectivity index (χ1n) is 20.2. The van der Waals surface area contributed by atoms with E-state index in [4.69, 9.17) is 4.42 Å². The molecule has 12 aromatic rings. The van der Waals surface area contributed by atoms with Crippen LogP contribution >= 0.6 is 0 Å². The second kappa shape index (κ2) is 10.9. The van der Waals surface area contributed by atoms with Crippen LogP contribution in [-0.4, -0.2) is 0 Å². The zero-order valence-corrected chi connectivity index (χ0v) is 31.4. The predicted octanol–water partition coefficient (Wildman–Crippen LogP) is 15.3. The van der Waals surface area contributed by atoms with Gasteiger partial charge < -0.3 is 4.42 Å². The van der Waals surface area contributed by atoms with Crippen molar-refractivity contribution in [1.82, 2.24) is 0 Å². The van der Waals surface area contributed by atoms with Crippen LogP contribution in [0.15, 0.2) is 199 Å². The van der Waals surface area contributed by atoms with Gasteiger partial charge >= 0.3 is 0 Å². The smallest absolute Gasteiger partial charge is 0.136 e. The molecule has 0 radical (unpaired) electrons. The molecule has 58 heavy (non-hydrogen) atoms. The third-order valence-corrected chi connectivity index (χ3v) is 13.6. The quantitative estimate of drug-likeness (QED) is 0.161. The van der Waals surface area contributed by atoms with Crippen molar-refractivity contribution in [2.24, 2.45) is 0 Å². The summed E-state index contributed by atoms with van der Waals surface area (Å²) >= 11 is 0. The molecule has 1 heterocycles. The van der Waals surface area contributed by atoms with Crippen molar-refractivity contribution >= 4 is 65.0 Å². The fourth-order valence-electron chi connectivity index (χ4n) is 11.2. The monoisotopic (exact) mass is 732 g/mol. The van der Waals surface area contributed by atoms with Crippen molar-refractivity contribution in [3.8, 4) is 44.5 Å². The number of rotatable bonds is 2. The first-order chi connectivity index (χ1) is 28.7. The summed E-state index contributed by atoms with van der Waals surface area (Å²) in [6.45, 7) is 0. The Morgan fingerprint density at radius 1 is 0.293 bits per heavy atom. The molecule has 1 nitrogen and oxygen atoms in total. The fourth-order valence-corrected chi connectivity index (χ4v) is 11.2. The molecular formula is C57H32O. The summed E-state index contributed by atoms with van der Waals surface area (Å²) in [5.74, 6) is 0. The lowest BCUT2D eigenvalue weighted by Crippen LogP contribution is -2.25. The number of para-hydroxylation sites is 1. The van der Waals surface area contributed by atoms with Crippen LogP contribution in [0, 0.1) is 0 Å². The molecule has 0 fully saturated rings. The second-order valence-corrected chi connectivity index (χ2v) is 16.3. The Hall–Kier alpha value is -7.48. The van der Waals surface area contributed by atoms with E-state index in [1.807, 2.05) is 6.07 Å². The van der Waals surface area contributed by atoms with E-state index in [0.29, 0.717) is 0 Å². The minimum Gasteiger partial charge on any atom is -0.456 e. The van der Waals surface area contributed by atoms with Crippen molar-refractivity contribution in [2.75, 3.05) is 0 Å². The van der Waals surface area contributed by atoms with Gasteiger partial charge in [0.15, 0.2) is 0 Å². The zero-order valence-electron chi connectivity index (χ0n) is 31.4. The topological polar surface area (TPSA) is 13.1 Å². The molecule has 0 atom stereocenters. The zero-order chi connectivity index (χ0) is 37.7. The maximum absolute atomic E-state index is 6.38. The maximum atomic E-state index is 6.38. The van der Waals surface area contributed by atoms with Crippen molar-refractivity contribution in [3.05, 3.63) is 216 Å². The molecule has 0 unspecified atom stereocenters. The van der Waals surface area contributed by atoms with Crippen LogP contribution in [0.1, 0.15) is 22.3 Å². The standard InChI is InChI=1S/C57H32O/c1-4-16-48-42(11-1)43-12-2-5-17-49(43)57(48)50-28-27-41-40(36-24-25-45-44-13-3-6-18-52(44)58-53(45)32-36)14-8-15-46(41)56(50)47-26-23-35(31-51(47)57)39-29-37-21-19-33-9-7-10-34-20-22-38(30-39)55(37)54(33)34/h1-32H. The van der Waals surface area contributed by atoms with Gasteiger partial charge in [-0.05, 0) is 146 Å². The van der Waals surface area contributed by atoms with Gasteiger partial charge in [-0.3, -0.25) is 0 Å². The number of benzene rings is 11. The van der Waals surface area contributed by atoms with Gasteiger partial charge in [0.2, 0.25) is 0 Å². The lowest BCUT2D eigenvalue weighted by Gasteiger charge is -2.31. The molecule has 11 aromatic carbocycles. The molecule has 0 bridgehead atoms. The summed E-state index contributed by atoms with van der Waals surface area (Å²) < 4.78 is 6.38. The van der Waals surface area contributed by atoms with Crippen LogP contribution in [-0.2, 0) is 5.41 Å². The molecule has 1 spiro atoms. The Labute approximate surface area is 334 Å². The summed E-state index contributed by atoms with van der Waals surface area (Å²) in [6.07, 6.45) is 0. The van der Waals surface area contributed by atoms with Gasteiger partial charge in [-0.2, -0.15) is 0 Å². The minimum absolute atomic E-state index is 0.457. The summed E-state index contributed by atoms with van der Waals surface area (Å²) in [4.78, 5) is 0. The van der Waals surface area contributed by atoms with Gasteiger partial charge in [-0.25, -0.2) is 0 Å². The van der Waals surface area contributed by atoms with Gasteiger partial charge in [-0.15, -0.1) is 0 Å². The Morgan fingerprint density at radius 3 is 1.69 bits per heavy atom. The molecule has 0 saturated carbocycles. The predicted molar refractivity (Wildman–Crippen MR) is 242 cm³/mol. The molecule has 0 N–H and O–H groups in total. The van der Waals surface area contributed by atoms with E-state index in [1.54, 1.807) is 0 Å². The lowest BCUT2D eigenvalue weighted by atomic mass is 9.70. The van der Waals surface area contributed by atoms with Gasteiger partial charge in [0.05, 0.1) is 5.41 Å². The Bertz CT molecular complexity index is 3640. The fraction of sp³-hybridized carbons (Fsp3) is 0.0175. The molecule has 1 heteroatoms. The maximum Gasteiger partial charge on any atom is 0.136 e. The molecule has 0 aliphatic heterocycles. The number of fused-ring (bicyclic) bond motifs is 15. The summed E-state index contributed by atoms with van der Waals surface area (Å²) in [6, 6.07) is 72.8. The van der Waals surface area contributed by atoms with Crippen molar-refractivity contribution < 1.29 is 4.42 Å². The Kier molecular flexibility index (Phi) is 5.76. The van der Waals surface area contributed by atoms with Crippen LogP contribution in [0.3, 0.4) is 0 Å². The van der Waals surface area contributed by atoms with Crippen LogP contribution in [0.5, 0.6) is 0 Å². The van der Waals surface area contributed by atoms with Crippen LogP contribution in [0.4, 0.5) is 0 Å². The van der Waals surface area contributed by atoms with E-state index in [1.165, 1.54) is 104 Å². The number of furan rings is 1. The van der Waals surface area contributed by atoms with E-state index >= 15 is 0 Å². The molecule has 1 aromatic heterocycles. The van der Waals surface area contributed by atoms with E-state index in [9.17, 15) is 0 Å². The number of hydrogen-bond donors (Lipinski definition) is 0. The molecule has 2 aliphatic carbocycles. The molecule has 266 valence electrons. The molecule has 0 saturated heterocycles. The van der Waals surface area contributed by atoms with E-state index in [0.717, 1.165) is 27.5 Å². The molecule has 2 aliphatic rings. The SMILES string of the molecule is c1ccc2c(c1)-c1ccccc1C21c2cc(-c3cc4ccc5cccc6ccc(c3)c4c56)ccc2-c2c1ccc1c(-c3ccc4c(c3)oc3ccccc34)cccc21. The van der Waals surface area contributed by atoms with E-state index < -0.39 is 5.41 Å². The van der Waals surface area contributed by atoms with Gasteiger partial charge in [0.25, 0.3) is 0 Å². The molecule has 0 amide bonds. The van der Waals surface area contributed by atoms with Gasteiger partial charge in [-0.1, -0.05) is 158 Å². The van der Waals surface area contributed by atoms with Crippen LogP contribution < -0.4 is 0 Å². The average molecular weight is 733 g/mol. The first-order valence-corrected chi connectivity index (χ1v) is 20.2. The van der Waals surface area contributed by atoms with Crippen molar-refractivity contribution in [1.29, 1.82) is 0 Å². The van der Waals surface area contributed by atoms with Gasteiger partial charge in [0.1, 0.15) is 11.2 Å². The highest BCUT2D eigenvalue weighted by Gasteiger charge is 2.52. The van der Waals surface area contributed by atoms with E-state index in [2.05, 4.69) is 188 Å². The second-order valence-electron chi connectivity index (χ2n) is 16.3. The highest BCUT2D eigenvalue weighted by atomic mass is 16.3. The summed E-state index contributed by atoms with van der Waals surface area (Å²) in [5, 5.41) is 12.7. The molecular weight excluding hydrogens is 701 g/mol. The van der Waals surface area contributed by atoms with Crippen molar-refractivity contribution in [2.45, 2.75) is 5.41 Å². The van der Waals surface area contributed by atoms with Gasteiger partial charge in [0, 0.05) is 10.8 Å². The lowest BCUT2D eigenvalue weighted by molar-refractivity contribution is 0.669. The summed E-state index contributed by atoms with van der Waals surface area (Å²) in [5.41, 5.74) is 16.9. The summed E-state index contributed by atoms with van der Waals surface area (Å²) in [7, 11) is 0. The Balaban J connectivity index is 1.04. The average Bonchev–Trinajstić information content (AvgIpc) is 3.91. The Morgan fingerprint density at radius 2 is 0.897 bits per heavy atom. The number of hydrogen-bond acceptors (Lipinski definition) is 1. The van der Waals surface area contributed by atoms with E-state index in [-0.39, 0.29) is 0 Å².